The van der Waals surface area contributed by atoms with Gasteiger partial charge in [-0.05, 0) is 45.0 Å². The van der Waals surface area contributed by atoms with Crippen LogP contribution in [-0.2, 0) is 0 Å². The van der Waals surface area contributed by atoms with Gasteiger partial charge in [-0.15, -0.1) is 0 Å². The Balaban J connectivity index is 2.15. The molecule has 0 saturated heterocycles. The Morgan fingerprint density at radius 3 is 2.46 bits per heavy atom. The molecule has 0 radical (unpaired) electrons. The highest BCUT2D eigenvalue weighted by atomic mass is 35.5. The van der Waals surface area contributed by atoms with Crippen molar-refractivity contribution in [2.75, 3.05) is 5.32 Å². The van der Waals surface area contributed by atoms with E-state index in [1.54, 1.807) is 36.7 Å². The van der Waals surface area contributed by atoms with Gasteiger partial charge < -0.3 is 5.32 Å². The number of rotatable bonds is 2. The Bertz CT molecular complexity index is 963. The molecule has 2 N–H and O–H groups in total. The minimum atomic E-state index is -0.382. The molecule has 3 rings (SSSR count). The zero-order chi connectivity index (χ0) is 18.9. The van der Waals surface area contributed by atoms with E-state index in [0.717, 1.165) is 5.39 Å². The topological polar surface area (TPSA) is 66.9 Å². The molecule has 7 heteroatoms. The summed E-state index contributed by atoms with van der Waals surface area (Å²) in [6, 6.07) is 8.55. The smallest absolute Gasteiger partial charge is 0.320 e. The summed E-state index contributed by atoms with van der Waals surface area (Å²) in [5.74, 6) is 0.375. The Labute approximate surface area is 161 Å². The fourth-order valence-corrected chi connectivity index (χ4v) is 3.14. The number of benzene rings is 1. The summed E-state index contributed by atoms with van der Waals surface area (Å²) in [6.45, 7) is 5.70. The summed E-state index contributed by atoms with van der Waals surface area (Å²) in [7, 11) is 0. The van der Waals surface area contributed by atoms with Crippen LogP contribution in [0, 0.1) is 0 Å². The molecule has 0 bridgehead atoms. The molecule has 134 valence electrons. The van der Waals surface area contributed by atoms with Crippen LogP contribution >= 0.6 is 23.2 Å². The molecule has 2 heterocycles. The molecular weight excluding hydrogens is 371 g/mol. The first-order valence-corrected chi connectivity index (χ1v) is 8.78. The average Bonchev–Trinajstić information content (AvgIpc) is 2.53. The van der Waals surface area contributed by atoms with Crippen LogP contribution in [0.15, 0.2) is 42.7 Å². The van der Waals surface area contributed by atoms with Gasteiger partial charge in [0.15, 0.2) is 0 Å². The molecule has 0 unspecified atom stereocenters. The van der Waals surface area contributed by atoms with Gasteiger partial charge in [0, 0.05) is 34.4 Å². The van der Waals surface area contributed by atoms with E-state index in [1.807, 2.05) is 26.8 Å². The maximum atomic E-state index is 12.4. The average molecular weight is 389 g/mol. The third kappa shape index (κ3) is 4.06. The summed E-state index contributed by atoms with van der Waals surface area (Å²) in [6.07, 6.45) is 3.35. The third-order valence-corrected chi connectivity index (χ3v) is 4.20. The predicted octanol–water partition coefficient (Wildman–Crippen LogP) is 5.52. The number of hydrogen-bond acceptors (Lipinski definition) is 3. The van der Waals surface area contributed by atoms with Crippen LogP contribution < -0.4 is 10.6 Å². The van der Waals surface area contributed by atoms with Crippen LogP contribution in [0.3, 0.4) is 0 Å². The van der Waals surface area contributed by atoms with Crippen LogP contribution in [0.4, 0.5) is 10.6 Å². The molecule has 2 amide bonds. The van der Waals surface area contributed by atoms with Crippen molar-refractivity contribution in [1.82, 2.24) is 15.3 Å². The monoisotopic (exact) mass is 388 g/mol. The number of hydrogen-bond donors (Lipinski definition) is 2. The zero-order valence-corrected chi connectivity index (χ0v) is 16.1. The fraction of sp³-hybridized carbons (Fsp3) is 0.211. The molecule has 0 aliphatic rings. The van der Waals surface area contributed by atoms with Crippen molar-refractivity contribution in [1.29, 1.82) is 0 Å². The maximum Gasteiger partial charge on any atom is 0.320 e. The Kier molecular flexibility index (Phi) is 5.03. The number of urea groups is 1. The number of anilines is 1. The SMILES string of the molecule is CC(C)(C)NC(=O)Nc1nc2ccncc2cc1-c1c(Cl)cccc1Cl. The number of pyridine rings is 2. The highest BCUT2D eigenvalue weighted by Gasteiger charge is 2.19. The highest BCUT2D eigenvalue weighted by molar-refractivity contribution is 6.39. The fourth-order valence-electron chi connectivity index (χ4n) is 2.54. The third-order valence-electron chi connectivity index (χ3n) is 3.57. The lowest BCUT2D eigenvalue weighted by Gasteiger charge is -2.21. The minimum Gasteiger partial charge on any atom is -0.333 e. The van der Waals surface area contributed by atoms with Crippen LogP contribution in [0.2, 0.25) is 10.0 Å². The van der Waals surface area contributed by atoms with E-state index in [2.05, 4.69) is 20.6 Å². The second-order valence-corrected chi connectivity index (χ2v) is 7.69. The summed E-state index contributed by atoms with van der Waals surface area (Å²) in [4.78, 5) is 21.1. The minimum absolute atomic E-state index is 0.358. The lowest BCUT2D eigenvalue weighted by molar-refractivity contribution is 0.243. The van der Waals surface area contributed by atoms with E-state index in [1.165, 1.54) is 0 Å². The van der Waals surface area contributed by atoms with E-state index in [0.29, 0.717) is 32.5 Å². The van der Waals surface area contributed by atoms with Crippen LogP contribution in [0.5, 0.6) is 0 Å². The van der Waals surface area contributed by atoms with Crippen molar-refractivity contribution in [3.63, 3.8) is 0 Å². The van der Waals surface area contributed by atoms with Crippen molar-refractivity contribution < 1.29 is 4.79 Å². The lowest BCUT2D eigenvalue weighted by atomic mass is 10.0. The number of fused-ring (bicyclic) bond motifs is 1. The molecule has 26 heavy (non-hydrogen) atoms. The van der Waals surface area contributed by atoms with Crippen molar-refractivity contribution in [2.45, 2.75) is 26.3 Å². The van der Waals surface area contributed by atoms with Crippen LogP contribution in [0.1, 0.15) is 20.8 Å². The summed E-state index contributed by atoms with van der Waals surface area (Å²) in [5, 5.41) is 7.44. The van der Waals surface area contributed by atoms with Gasteiger partial charge in [-0.3, -0.25) is 10.3 Å². The van der Waals surface area contributed by atoms with Gasteiger partial charge in [0.05, 0.1) is 15.6 Å². The van der Waals surface area contributed by atoms with Gasteiger partial charge in [-0.1, -0.05) is 29.3 Å². The first-order chi connectivity index (χ1) is 12.2. The maximum absolute atomic E-state index is 12.4. The van der Waals surface area contributed by atoms with Gasteiger partial charge >= 0.3 is 6.03 Å². The molecule has 0 atom stereocenters. The molecule has 1 aromatic carbocycles. The van der Waals surface area contributed by atoms with E-state index in [4.69, 9.17) is 23.2 Å². The van der Waals surface area contributed by atoms with Crippen LogP contribution in [0.25, 0.3) is 22.0 Å². The van der Waals surface area contributed by atoms with Crippen molar-refractivity contribution in [3.05, 3.63) is 52.8 Å². The molecule has 5 nitrogen and oxygen atoms in total. The molecule has 0 saturated carbocycles. The number of nitrogens with zero attached hydrogens (tertiary/aromatic N) is 2. The quantitative estimate of drug-likeness (QED) is 0.606. The van der Waals surface area contributed by atoms with Gasteiger partial charge in [0.25, 0.3) is 0 Å². The second-order valence-electron chi connectivity index (χ2n) is 6.88. The Hall–Kier alpha value is -2.37. The van der Waals surface area contributed by atoms with Crippen LogP contribution in [-0.4, -0.2) is 21.5 Å². The van der Waals surface area contributed by atoms with Crippen molar-refractivity contribution in [2.24, 2.45) is 0 Å². The molecule has 0 spiro atoms. The molecule has 2 aromatic heterocycles. The largest absolute Gasteiger partial charge is 0.333 e. The van der Waals surface area contributed by atoms with Gasteiger partial charge in [0.2, 0.25) is 0 Å². The normalized spacial score (nSPS) is 11.4. The zero-order valence-electron chi connectivity index (χ0n) is 14.6. The predicted molar refractivity (Wildman–Crippen MR) is 107 cm³/mol. The number of halogens is 2. The molecule has 0 aliphatic carbocycles. The number of carbonyl (C=O) groups excluding carboxylic acids is 1. The molecule has 0 fully saturated rings. The number of amides is 2. The second kappa shape index (κ2) is 7.09. The summed E-state index contributed by atoms with van der Waals surface area (Å²) >= 11 is 12.7. The Morgan fingerprint density at radius 2 is 1.81 bits per heavy atom. The van der Waals surface area contributed by atoms with Crippen molar-refractivity contribution >= 4 is 46.0 Å². The van der Waals surface area contributed by atoms with E-state index in [9.17, 15) is 4.79 Å². The van der Waals surface area contributed by atoms with E-state index >= 15 is 0 Å². The first-order valence-electron chi connectivity index (χ1n) is 8.03. The number of nitrogens with one attached hydrogen (secondary N) is 2. The molecular formula is C19H18Cl2N4O. The van der Waals surface area contributed by atoms with Gasteiger partial charge in [0.1, 0.15) is 5.82 Å². The van der Waals surface area contributed by atoms with Gasteiger partial charge in [-0.2, -0.15) is 0 Å². The molecule has 3 aromatic rings. The van der Waals surface area contributed by atoms with Gasteiger partial charge in [-0.25, -0.2) is 9.78 Å². The summed E-state index contributed by atoms with van der Waals surface area (Å²) < 4.78 is 0. The van der Waals surface area contributed by atoms with E-state index < -0.39 is 0 Å². The first kappa shape index (κ1) is 18.4. The summed E-state index contributed by atoms with van der Waals surface area (Å²) in [5.41, 5.74) is 1.57. The number of carbonyl (C=O) groups is 1. The standard InChI is InChI=1S/C19H18Cl2N4O/c1-19(2,3)25-18(26)24-17-12(16-13(20)5-4-6-14(16)21)9-11-10-22-8-7-15(11)23-17/h4-10H,1-3H3,(H2,23,24,25,26). The number of aromatic nitrogens is 2. The van der Waals surface area contributed by atoms with E-state index in [-0.39, 0.29) is 11.6 Å². The highest BCUT2D eigenvalue weighted by Crippen LogP contribution is 2.39. The Morgan fingerprint density at radius 1 is 1.12 bits per heavy atom. The van der Waals surface area contributed by atoms with Crippen molar-refractivity contribution in [3.8, 4) is 11.1 Å². The molecule has 0 aliphatic heterocycles. The lowest BCUT2D eigenvalue weighted by Crippen LogP contribution is -2.43.